The van der Waals surface area contributed by atoms with E-state index >= 15 is 0 Å². The lowest BCUT2D eigenvalue weighted by molar-refractivity contribution is -0.113. The van der Waals surface area contributed by atoms with E-state index in [0.717, 1.165) is 17.9 Å². The van der Waals surface area contributed by atoms with Gasteiger partial charge in [-0.15, -0.1) is 0 Å². The quantitative estimate of drug-likeness (QED) is 0.424. The Bertz CT molecular complexity index is 949. The Morgan fingerprint density at radius 1 is 1.00 bits per heavy atom. The number of pyridine rings is 1. The molecule has 4 nitrogen and oxygen atoms in total. The summed E-state index contributed by atoms with van der Waals surface area (Å²) in [7, 11) is 0. The van der Waals surface area contributed by atoms with Crippen molar-refractivity contribution in [2.24, 2.45) is 0 Å². The van der Waals surface area contributed by atoms with Crippen molar-refractivity contribution < 1.29 is 9.59 Å². The minimum Gasteiger partial charge on any atom is -0.325 e. The van der Waals surface area contributed by atoms with Crippen LogP contribution in [0.1, 0.15) is 21.6 Å². The van der Waals surface area contributed by atoms with Crippen molar-refractivity contribution in [2.45, 2.75) is 6.42 Å². The van der Waals surface area contributed by atoms with Crippen molar-refractivity contribution in [3.63, 3.8) is 0 Å². The van der Waals surface area contributed by atoms with E-state index in [2.05, 4.69) is 10.3 Å². The molecule has 6 heteroatoms. The van der Waals surface area contributed by atoms with Crippen molar-refractivity contribution in [1.29, 1.82) is 0 Å². The highest BCUT2D eigenvalue weighted by molar-refractivity contribution is 7.99. The summed E-state index contributed by atoms with van der Waals surface area (Å²) in [6, 6.07) is 19.6. The summed E-state index contributed by atoms with van der Waals surface area (Å²) >= 11 is 7.60. The highest BCUT2D eigenvalue weighted by Crippen LogP contribution is 2.24. The topological polar surface area (TPSA) is 59.1 Å². The number of carbonyl (C=O) groups is 2. The van der Waals surface area contributed by atoms with Crippen molar-refractivity contribution in [2.75, 3.05) is 16.8 Å². The van der Waals surface area contributed by atoms with E-state index in [-0.39, 0.29) is 11.7 Å². The lowest BCUT2D eigenvalue weighted by Gasteiger charge is -2.11. The molecule has 0 saturated heterocycles. The first-order valence-electron chi connectivity index (χ1n) is 8.80. The van der Waals surface area contributed by atoms with E-state index < -0.39 is 0 Å². The number of hydrogen-bond acceptors (Lipinski definition) is 4. The van der Waals surface area contributed by atoms with Gasteiger partial charge in [0.25, 0.3) is 0 Å². The van der Waals surface area contributed by atoms with E-state index in [0.29, 0.717) is 27.6 Å². The van der Waals surface area contributed by atoms with E-state index in [1.807, 2.05) is 24.3 Å². The van der Waals surface area contributed by atoms with Crippen LogP contribution in [-0.2, 0) is 11.2 Å². The van der Waals surface area contributed by atoms with Gasteiger partial charge in [0.1, 0.15) is 0 Å². The Morgan fingerprint density at radius 2 is 1.79 bits per heavy atom. The molecule has 3 rings (SSSR count). The molecule has 142 valence electrons. The predicted octanol–water partition coefficient (Wildman–Crippen LogP) is 4.88. The number of rotatable bonds is 8. The molecule has 1 heterocycles. The molecule has 0 fully saturated rings. The number of aryl methyl sites for hydroxylation is 1. The van der Waals surface area contributed by atoms with Crippen molar-refractivity contribution >= 4 is 40.7 Å². The van der Waals surface area contributed by atoms with Crippen LogP contribution in [0.5, 0.6) is 0 Å². The van der Waals surface area contributed by atoms with Crippen LogP contribution in [0.25, 0.3) is 0 Å². The maximum absolute atomic E-state index is 12.8. The van der Waals surface area contributed by atoms with Gasteiger partial charge in [0.05, 0.1) is 11.4 Å². The zero-order valence-electron chi connectivity index (χ0n) is 15.1. The molecule has 1 N–H and O–H groups in total. The molecule has 0 aliphatic carbocycles. The van der Waals surface area contributed by atoms with Gasteiger partial charge in [0.15, 0.2) is 5.78 Å². The maximum Gasteiger partial charge on any atom is 0.234 e. The van der Waals surface area contributed by atoms with Gasteiger partial charge in [-0.1, -0.05) is 48.0 Å². The fourth-order valence-corrected chi connectivity index (χ4v) is 3.56. The molecule has 1 aromatic heterocycles. The van der Waals surface area contributed by atoms with Crippen LogP contribution < -0.4 is 5.32 Å². The Kier molecular flexibility index (Phi) is 7.23. The molecule has 2 aromatic carbocycles. The Morgan fingerprint density at radius 3 is 2.54 bits per heavy atom. The van der Waals surface area contributed by atoms with Crippen LogP contribution in [0.3, 0.4) is 0 Å². The molecular weight excluding hydrogens is 392 g/mol. The molecule has 1 amide bonds. The summed E-state index contributed by atoms with van der Waals surface area (Å²) in [5.74, 6) is 0.756. The summed E-state index contributed by atoms with van der Waals surface area (Å²) in [6.45, 7) is 0. The predicted molar refractivity (Wildman–Crippen MR) is 115 cm³/mol. The average Bonchev–Trinajstić information content (AvgIpc) is 2.73. The second-order valence-electron chi connectivity index (χ2n) is 6.06. The SMILES string of the molecule is O=C(CSCCc1ccccn1)Nc1ccc(Cl)cc1C(=O)c1ccccc1. The zero-order chi connectivity index (χ0) is 19.8. The Labute approximate surface area is 173 Å². The standard InChI is InChI=1S/C22H19ClN2O2S/c23-17-9-10-20(19(14-17)22(27)16-6-2-1-3-7-16)25-21(26)15-28-13-11-18-8-4-5-12-24-18/h1-10,12,14H,11,13,15H2,(H,25,26). The van der Waals surface area contributed by atoms with E-state index in [4.69, 9.17) is 11.6 Å². The number of carbonyl (C=O) groups excluding carboxylic acids is 2. The summed E-state index contributed by atoms with van der Waals surface area (Å²) in [6.07, 6.45) is 2.57. The largest absolute Gasteiger partial charge is 0.325 e. The minimum atomic E-state index is -0.179. The van der Waals surface area contributed by atoms with Crippen LogP contribution in [0.4, 0.5) is 5.69 Å². The van der Waals surface area contributed by atoms with Crippen LogP contribution in [0, 0.1) is 0 Å². The highest BCUT2D eigenvalue weighted by atomic mass is 35.5. The van der Waals surface area contributed by atoms with E-state index in [9.17, 15) is 9.59 Å². The molecule has 3 aromatic rings. The van der Waals surface area contributed by atoms with Gasteiger partial charge in [0, 0.05) is 28.0 Å². The summed E-state index contributed by atoms with van der Waals surface area (Å²) in [5, 5.41) is 3.28. The number of ketones is 1. The summed E-state index contributed by atoms with van der Waals surface area (Å²) < 4.78 is 0. The number of anilines is 1. The molecule has 0 aliphatic heterocycles. The third-order valence-electron chi connectivity index (χ3n) is 4.00. The lowest BCUT2D eigenvalue weighted by Crippen LogP contribution is -2.17. The molecule has 0 bridgehead atoms. The number of nitrogens with one attached hydrogen (secondary N) is 1. The number of nitrogens with zero attached hydrogens (tertiary/aromatic N) is 1. The van der Waals surface area contributed by atoms with Gasteiger partial charge in [-0.25, -0.2) is 0 Å². The number of amides is 1. The number of aromatic nitrogens is 1. The Hall–Kier alpha value is -2.63. The number of benzene rings is 2. The normalized spacial score (nSPS) is 10.5. The van der Waals surface area contributed by atoms with E-state index in [1.54, 1.807) is 48.7 Å². The van der Waals surface area contributed by atoms with Crippen LogP contribution in [0.15, 0.2) is 72.9 Å². The third-order valence-corrected chi connectivity index (χ3v) is 5.19. The molecule has 0 radical (unpaired) electrons. The van der Waals surface area contributed by atoms with Crippen molar-refractivity contribution in [3.05, 3.63) is 94.8 Å². The smallest absolute Gasteiger partial charge is 0.234 e. The summed E-state index contributed by atoms with van der Waals surface area (Å²) in [4.78, 5) is 29.4. The van der Waals surface area contributed by atoms with Crippen LogP contribution >= 0.6 is 23.4 Å². The number of hydrogen-bond donors (Lipinski definition) is 1. The zero-order valence-corrected chi connectivity index (χ0v) is 16.7. The number of thioether (sulfide) groups is 1. The van der Waals surface area contributed by atoms with Gasteiger partial charge in [-0.05, 0) is 42.5 Å². The fraction of sp³-hybridized carbons (Fsp3) is 0.136. The fourth-order valence-electron chi connectivity index (χ4n) is 2.63. The second-order valence-corrected chi connectivity index (χ2v) is 7.60. The van der Waals surface area contributed by atoms with Crippen LogP contribution in [-0.4, -0.2) is 28.2 Å². The van der Waals surface area contributed by atoms with Crippen molar-refractivity contribution in [3.8, 4) is 0 Å². The van der Waals surface area contributed by atoms with Gasteiger partial charge >= 0.3 is 0 Å². The van der Waals surface area contributed by atoms with Gasteiger partial charge in [-0.3, -0.25) is 14.6 Å². The first-order valence-corrected chi connectivity index (χ1v) is 10.3. The summed E-state index contributed by atoms with van der Waals surface area (Å²) in [5.41, 5.74) is 2.40. The maximum atomic E-state index is 12.8. The van der Waals surface area contributed by atoms with E-state index in [1.165, 1.54) is 11.8 Å². The Balaban J connectivity index is 1.60. The monoisotopic (exact) mass is 410 g/mol. The first kappa shape index (κ1) is 20.1. The molecule has 28 heavy (non-hydrogen) atoms. The van der Waals surface area contributed by atoms with Gasteiger partial charge < -0.3 is 5.32 Å². The molecule has 0 unspecified atom stereocenters. The first-order chi connectivity index (χ1) is 13.6. The van der Waals surface area contributed by atoms with Gasteiger partial charge in [0.2, 0.25) is 5.91 Å². The molecule has 0 spiro atoms. The number of halogens is 1. The molecule has 0 atom stereocenters. The highest BCUT2D eigenvalue weighted by Gasteiger charge is 2.16. The lowest BCUT2D eigenvalue weighted by atomic mass is 10.0. The van der Waals surface area contributed by atoms with Crippen LogP contribution in [0.2, 0.25) is 5.02 Å². The minimum absolute atomic E-state index is 0.157. The third kappa shape index (κ3) is 5.68. The average molecular weight is 411 g/mol. The van der Waals surface area contributed by atoms with Gasteiger partial charge in [-0.2, -0.15) is 11.8 Å². The molecule has 0 saturated carbocycles. The molecular formula is C22H19ClN2O2S. The second kappa shape index (κ2) is 10.1. The molecule has 0 aliphatic rings. The van der Waals surface area contributed by atoms with Crippen molar-refractivity contribution in [1.82, 2.24) is 4.98 Å².